The maximum absolute atomic E-state index is 11.9. The van der Waals surface area contributed by atoms with Crippen LogP contribution in [-0.4, -0.2) is 17.3 Å². The van der Waals surface area contributed by atoms with Gasteiger partial charge in [-0.3, -0.25) is 0 Å². The standard InChI is InChI=1S/C8H9F3O2/c9-8(10,11)4-6(3-7(12)13)5-1-2-5/h3,5H,1-2,4H2,(H,12,13)/b6-3+. The van der Waals surface area contributed by atoms with Gasteiger partial charge in [-0.2, -0.15) is 13.2 Å². The van der Waals surface area contributed by atoms with Crippen LogP contribution in [0.3, 0.4) is 0 Å². The van der Waals surface area contributed by atoms with Crippen LogP contribution in [0.2, 0.25) is 0 Å². The van der Waals surface area contributed by atoms with Crippen molar-refractivity contribution in [3.05, 3.63) is 11.6 Å². The molecule has 0 aromatic carbocycles. The molecular formula is C8H9F3O2. The van der Waals surface area contributed by atoms with Gasteiger partial charge in [0.2, 0.25) is 0 Å². The van der Waals surface area contributed by atoms with Gasteiger partial charge in [0, 0.05) is 6.08 Å². The van der Waals surface area contributed by atoms with E-state index in [0.717, 1.165) is 0 Å². The van der Waals surface area contributed by atoms with E-state index in [0.29, 0.717) is 18.9 Å². The van der Waals surface area contributed by atoms with Crippen LogP contribution < -0.4 is 0 Å². The molecule has 1 aliphatic rings. The maximum Gasteiger partial charge on any atom is 0.392 e. The molecule has 0 saturated heterocycles. The molecular weight excluding hydrogens is 185 g/mol. The molecule has 0 aromatic heterocycles. The summed E-state index contributed by atoms with van der Waals surface area (Å²) in [6.45, 7) is 0. The number of carboxylic acid groups (broad SMARTS) is 1. The van der Waals surface area contributed by atoms with Crippen LogP contribution in [-0.2, 0) is 4.79 Å². The number of hydrogen-bond donors (Lipinski definition) is 1. The molecule has 0 aliphatic heterocycles. The Morgan fingerprint density at radius 3 is 2.31 bits per heavy atom. The monoisotopic (exact) mass is 194 g/mol. The average Bonchev–Trinajstić information content (AvgIpc) is 2.60. The first kappa shape index (κ1) is 10.1. The van der Waals surface area contributed by atoms with Crippen LogP contribution in [0.25, 0.3) is 0 Å². The van der Waals surface area contributed by atoms with Gasteiger partial charge in [-0.1, -0.05) is 5.57 Å². The number of carbonyl (C=O) groups is 1. The number of halogens is 3. The van der Waals surface area contributed by atoms with Crippen LogP contribution >= 0.6 is 0 Å². The Hall–Kier alpha value is -1.00. The molecule has 1 N–H and O–H groups in total. The summed E-state index contributed by atoms with van der Waals surface area (Å²) in [7, 11) is 0. The topological polar surface area (TPSA) is 37.3 Å². The van der Waals surface area contributed by atoms with E-state index >= 15 is 0 Å². The van der Waals surface area contributed by atoms with Crippen molar-refractivity contribution in [3.63, 3.8) is 0 Å². The minimum absolute atomic E-state index is 0.000000000000000666. The lowest BCUT2D eigenvalue weighted by Crippen LogP contribution is -2.10. The lowest BCUT2D eigenvalue weighted by molar-refractivity contribution is -0.132. The van der Waals surface area contributed by atoms with E-state index in [9.17, 15) is 18.0 Å². The molecule has 0 unspecified atom stereocenters. The van der Waals surface area contributed by atoms with Crippen molar-refractivity contribution in [1.29, 1.82) is 0 Å². The zero-order valence-electron chi connectivity index (χ0n) is 6.77. The second-order valence-corrected chi connectivity index (χ2v) is 3.12. The Morgan fingerprint density at radius 2 is 2.00 bits per heavy atom. The molecule has 0 aromatic rings. The van der Waals surface area contributed by atoms with Crippen molar-refractivity contribution in [2.24, 2.45) is 5.92 Å². The summed E-state index contributed by atoms with van der Waals surface area (Å²) < 4.78 is 35.7. The first-order valence-electron chi connectivity index (χ1n) is 3.88. The van der Waals surface area contributed by atoms with Crippen LogP contribution in [0.4, 0.5) is 13.2 Å². The SMILES string of the molecule is O=C(O)/C=C(\CC(F)(F)F)C1CC1. The van der Waals surface area contributed by atoms with Gasteiger partial charge in [0.15, 0.2) is 0 Å². The lowest BCUT2D eigenvalue weighted by Gasteiger charge is -2.08. The third-order valence-electron chi connectivity index (χ3n) is 1.82. The van der Waals surface area contributed by atoms with E-state index < -0.39 is 18.6 Å². The highest BCUT2D eigenvalue weighted by molar-refractivity contribution is 5.80. The number of aliphatic carboxylic acids is 1. The van der Waals surface area contributed by atoms with E-state index in [1.54, 1.807) is 0 Å². The van der Waals surface area contributed by atoms with Gasteiger partial charge in [0.25, 0.3) is 0 Å². The third kappa shape index (κ3) is 3.96. The van der Waals surface area contributed by atoms with Gasteiger partial charge < -0.3 is 5.11 Å². The molecule has 13 heavy (non-hydrogen) atoms. The molecule has 1 fully saturated rings. The van der Waals surface area contributed by atoms with E-state index in [1.807, 2.05) is 0 Å². The van der Waals surface area contributed by atoms with Crippen molar-refractivity contribution in [1.82, 2.24) is 0 Å². The second-order valence-electron chi connectivity index (χ2n) is 3.12. The predicted molar refractivity (Wildman–Crippen MR) is 39.1 cm³/mol. The summed E-state index contributed by atoms with van der Waals surface area (Å²) in [5, 5.41) is 8.31. The van der Waals surface area contributed by atoms with E-state index in [-0.39, 0.29) is 11.5 Å². The molecule has 0 atom stereocenters. The minimum atomic E-state index is -4.30. The highest BCUT2D eigenvalue weighted by atomic mass is 19.4. The molecule has 74 valence electrons. The molecule has 0 radical (unpaired) electrons. The van der Waals surface area contributed by atoms with Gasteiger partial charge in [0.05, 0.1) is 6.42 Å². The Balaban J connectivity index is 2.63. The Kier molecular flexibility index (Phi) is 2.63. The van der Waals surface area contributed by atoms with Crippen molar-refractivity contribution in [3.8, 4) is 0 Å². The summed E-state index contributed by atoms with van der Waals surface area (Å²) in [4.78, 5) is 10.2. The fraction of sp³-hybridized carbons (Fsp3) is 0.625. The molecule has 1 aliphatic carbocycles. The maximum atomic E-state index is 11.9. The number of alkyl halides is 3. The normalized spacial score (nSPS) is 18.8. The minimum Gasteiger partial charge on any atom is -0.478 e. The first-order valence-corrected chi connectivity index (χ1v) is 3.88. The molecule has 1 saturated carbocycles. The van der Waals surface area contributed by atoms with Crippen molar-refractivity contribution in [2.45, 2.75) is 25.4 Å². The van der Waals surface area contributed by atoms with E-state index in [4.69, 9.17) is 5.11 Å². The molecule has 1 rings (SSSR count). The summed E-state index contributed by atoms with van der Waals surface area (Å²) in [6.07, 6.45) is -3.36. The van der Waals surface area contributed by atoms with Crippen LogP contribution in [0, 0.1) is 5.92 Å². The summed E-state index contributed by atoms with van der Waals surface area (Å²) in [5.41, 5.74) is 0.000000000000000666. The van der Waals surface area contributed by atoms with E-state index in [2.05, 4.69) is 0 Å². The Bertz CT molecular complexity index is 238. The van der Waals surface area contributed by atoms with Crippen molar-refractivity contribution in [2.75, 3.05) is 0 Å². The van der Waals surface area contributed by atoms with Crippen LogP contribution in [0.5, 0.6) is 0 Å². The molecule has 2 nitrogen and oxygen atoms in total. The number of allylic oxidation sites excluding steroid dienone is 1. The van der Waals surface area contributed by atoms with Crippen molar-refractivity contribution < 1.29 is 23.1 Å². The smallest absolute Gasteiger partial charge is 0.392 e. The highest BCUT2D eigenvalue weighted by Gasteiger charge is 2.35. The average molecular weight is 194 g/mol. The molecule has 0 amide bonds. The highest BCUT2D eigenvalue weighted by Crippen LogP contribution is 2.41. The van der Waals surface area contributed by atoms with Gasteiger partial charge in [-0.05, 0) is 18.8 Å². The largest absolute Gasteiger partial charge is 0.478 e. The van der Waals surface area contributed by atoms with Crippen molar-refractivity contribution >= 4 is 5.97 Å². The number of rotatable bonds is 3. The zero-order valence-corrected chi connectivity index (χ0v) is 6.77. The molecule has 0 bridgehead atoms. The molecule has 0 heterocycles. The van der Waals surface area contributed by atoms with E-state index in [1.165, 1.54) is 0 Å². The predicted octanol–water partition coefficient (Wildman–Crippen LogP) is 2.36. The fourth-order valence-electron chi connectivity index (χ4n) is 1.16. The van der Waals surface area contributed by atoms with Crippen LogP contribution in [0.1, 0.15) is 19.3 Å². The number of hydrogen-bond acceptors (Lipinski definition) is 1. The number of carboxylic acids is 1. The summed E-state index contributed by atoms with van der Waals surface area (Å²) >= 11 is 0. The lowest BCUT2D eigenvalue weighted by atomic mass is 10.1. The van der Waals surface area contributed by atoms with Gasteiger partial charge in [-0.15, -0.1) is 0 Å². The van der Waals surface area contributed by atoms with Crippen LogP contribution in [0.15, 0.2) is 11.6 Å². The van der Waals surface area contributed by atoms with Gasteiger partial charge in [-0.25, -0.2) is 4.79 Å². The third-order valence-corrected chi connectivity index (χ3v) is 1.82. The summed E-state index contributed by atoms with van der Waals surface area (Å²) in [6, 6.07) is 0. The fourth-order valence-corrected chi connectivity index (χ4v) is 1.16. The summed E-state index contributed by atoms with van der Waals surface area (Å²) in [5.74, 6) is -1.45. The van der Waals surface area contributed by atoms with Gasteiger partial charge >= 0.3 is 12.1 Å². The molecule has 0 spiro atoms. The van der Waals surface area contributed by atoms with Gasteiger partial charge in [0.1, 0.15) is 0 Å². The quantitative estimate of drug-likeness (QED) is 0.700. The Morgan fingerprint density at radius 1 is 1.46 bits per heavy atom. The Labute approximate surface area is 73.1 Å². The zero-order chi connectivity index (χ0) is 10.1. The second kappa shape index (κ2) is 3.40. The molecule has 5 heteroatoms. The first-order chi connectivity index (χ1) is 5.88.